The molecular weight excluding hydrogens is 388 g/mol. The van der Waals surface area contributed by atoms with Gasteiger partial charge in [0.05, 0.1) is 31.9 Å². The van der Waals surface area contributed by atoms with Crippen LogP contribution >= 0.6 is 0 Å². The van der Waals surface area contributed by atoms with Crippen LogP contribution in [0.1, 0.15) is 41.6 Å². The Morgan fingerprint density at radius 2 is 2.17 bits per heavy atom. The van der Waals surface area contributed by atoms with Gasteiger partial charge in [-0.05, 0) is 25.8 Å². The van der Waals surface area contributed by atoms with Crippen molar-refractivity contribution in [2.24, 2.45) is 0 Å². The minimum atomic E-state index is -0.476. The van der Waals surface area contributed by atoms with Crippen molar-refractivity contribution in [3.05, 3.63) is 29.3 Å². The predicted octanol–water partition coefficient (Wildman–Crippen LogP) is 0.471. The molecule has 0 radical (unpaired) electrons. The Bertz CT molecular complexity index is 936. The van der Waals surface area contributed by atoms with Gasteiger partial charge in [-0.2, -0.15) is 5.10 Å². The first-order chi connectivity index (χ1) is 14.4. The third-order valence-corrected chi connectivity index (χ3v) is 5.75. The maximum atomic E-state index is 13.1. The van der Waals surface area contributed by atoms with E-state index in [0.717, 1.165) is 18.5 Å². The maximum absolute atomic E-state index is 13.1. The first-order valence-corrected chi connectivity index (χ1v) is 10.2. The smallest absolute Gasteiger partial charge is 0.317 e. The Kier molecular flexibility index (Phi) is 5.46. The van der Waals surface area contributed by atoms with Crippen LogP contribution in [0.25, 0.3) is 0 Å². The van der Waals surface area contributed by atoms with Gasteiger partial charge in [-0.15, -0.1) is 5.10 Å². The van der Waals surface area contributed by atoms with E-state index in [2.05, 4.69) is 20.7 Å². The van der Waals surface area contributed by atoms with Gasteiger partial charge in [0.1, 0.15) is 17.0 Å². The summed E-state index contributed by atoms with van der Waals surface area (Å²) < 4.78 is 9.87. The number of aryl methyl sites for hydroxylation is 1. The monoisotopic (exact) mass is 416 g/mol. The minimum Gasteiger partial charge on any atom is -0.365 e. The van der Waals surface area contributed by atoms with Gasteiger partial charge >= 0.3 is 6.03 Å². The van der Waals surface area contributed by atoms with Crippen molar-refractivity contribution >= 4 is 11.9 Å². The molecule has 4 heterocycles. The Morgan fingerprint density at radius 1 is 1.33 bits per heavy atom. The van der Waals surface area contributed by atoms with Crippen LogP contribution in [0.15, 0.2) is 12.3 Å². The number of urea groups is 1. The number of rotatable bonds is 4. The molecule has 1 atom stereocenters. The highest BCUT2D eigenvalue weighted by molar-refractivity contribution is 5.92. The van der Waals surface area contributed by atoms with Crippen LogP contribution in [-0.2, 0) is 31.0 Å². The predicted molar refractivity (Wildman–Crippen MR) is 107 cm³/mol. The lowest BCUT2D eigenvalue weighted by Crippen LogP contribution is -2.55. The summed E-state index contributed by atoms with van der Waals surface area (Å²) in [5.74, 6) is -0.0199. The molecular formula is C19H28N8O3. The Morgan fingerprint density at radius 3 is 2.93 bits per heavy atom. The van der Waals surface area contributed by atoms with E-state index in [9.17, 15) is 9.59 Å². The van der Waals surface area contributed by atoms with Crippen molar-refractivity contribution in [3.8, 4) is 0 Å². The average Bonchev–Trinajstić information content (AvgIpc) is 3.37. The second-order valence-electron chi connectivity index (χ2n) is 8.03. The van der Waals surface area contributed by atoms with Crippen LogP contribution in [0.4, 0.5) is 4.79 Å². The van der Waals surface area contributed by atoms with Gasteiger partial charge in [-0.25, -0.2) is 9.48 Å². The Balaban J connectivity index is 1.45. The van der Waals surface area contributed by atoms with E-state index in [4.69, 9.17) is 4.74 Å². The molecule has 0 aromatic carbocycles. The summed E-state index contributed by atoms with van der Waals surface area (Å²) in [5.41, 5.74) is 1.70. The molecule has 1 unspecified atom stereocenters. The second kappa shape index (κ2) is 8.05. The lowest BCUT2D eigenvalue weighted by Gasteiger charge is -2.44. The van der Waals surface area contributed by atoms with Gasteiger partial charge in [0, 0.05) is 33.4 Å². The number of nitrogens with one attached hydrogen (secondary N) is 1. The maximum Gasteiger partial charge on any atom is 0.317 e. The quantitative estimate of drug-likeness (QED) is 0.776. The van der Waals surface area contributed by atoms with Crippen molar-refractivity contribution in [1.82, 2.24) is 39.9 Å². The highest BCUT2D eigenvalue weighted by Crippen LogP contribution is 2.33. The first-order valence-electron chi connectivity index (χ1n) is 10.2. The van der Waals surface area contributed by atoms with Crippen molar-refractivity contribution < 1.29 is 14.3 Å². The molecule has 0 aliphatic carbocycles. The summed E-state index contributed by atoms with van der Waals surface area (Å²) >= 11 is 0. The average molecular weight is 416 g/mol. The number of hydrogen-bond donors (Lipinski definition) is 1. The van der Waals surface area contributed by atoms with Crippen LogP contribution < -0.4 is 5.32 Å². The van der Waals surface area contributed by atoms with Gasteiger partial charge in [0.15, 0.2) is 0 Å². The van der Waals surface area contributed by atoms with E-state index >= 15 is 0 Å². The molecule has 1 spiro atoms. The third kappa shape index (κ3) is 3.76. The SMILES string of the molecule is CCn1nccc1C(=O)N1CCCC2(C1)Cn1nnc(CNC(=O)N(C)C)c1CO2. The summed E-state index contributed by atoms with van der Waals surface area (Å²) in [4.78, 5) is 28.2. The molecule has 11 nitrogen and oxygen atoms in total. The zero-order valence-electron chi connectivity index (χ0n) is 17.7. The van der Waals surface area contributed by atoms with Crippen LogP contribution in [0.3, 0.4) is 0 Å². The Hall–Kier alpha value is -2.95. The molecule has 1 N–H and O–H groups in total. The molecule has 1 saturated heterocycles. The molecule has 30 heavy (non-hydrogen) atoms. The normalized spacial score (nSPS) is 20.8. The standard InChI is InChI=1S/C19H28N8O3/c1-4-26-15(6-8-21-26)17(28)25-9-5-7-19(12-25)13-27-16(11-30-19)14(22-23-27)10-20-18(29)24(2)3/h6,8H,4-5,7,9-13H2,1-3H3,(H,20,29). The number of likely N-dealkylation sites (tertiary alicyclic amines) is 1. The summed E-state index contributed by atoms with van der Waals surface area (Å²) in [7, 11) is 3.37. The molecule has 162 valence electrons. The van der Waals surface area contributed by atoms with Crippen LogP contribution in [0.5, 0.6) is 0 Å². The number of amides is 3. The molecule has 1 fully saturated rings. The van der Waals surface area contributed by atoms with Crippen molar-refractivity contribution in [2.45, 2.75) is 51.6 Å². The molecule has 0 saturated carbocycles. The van der Waals surface area contributed by atoms with E-state index in [1.165, 1.54) is 4.90 Å². The molecule has 2 aromatic heterocycles. The van der Waals surface area contributed by atoms with Crippen molar-refractivity contribution in [1.29, 1.82) is 0 Å². The largest absolute Gasteiger partial charge is 0.365 e. The lowest BCUT2D eigenvalue weighted by atomic mass is 9.91. The van der Waals surface area contributed by atoms with Crippen LogP contribution in [0, 0.1) is 0 Å². The zero-order chi connectivity index (χ0) is 21.3. The fourth-order valence-electron chi connectivity index (χ4n) is 4.09. The second-order valence-corrected chi connectivity index (χ2v) is 8.03. The highest BCUT2D eigenvalue weighted by Gasteiger charge is 2.43. The lowest BCUT2D eigenvalue weighted by molar-refractivity contribution is -0.122. The molecule has 4 rings (SSSR count). The molecule has 2 aliphatic heterocycles. The number of carbonyl (C=O) groups is 2. The van der Waals surface area contributed by atoms with E-state index < -0.39 is 5.60 Å². The van der Waals surface area contributed by atoms with E-state index in [0.29, 0.717) is 50.7 Å². The van der Waals surface area contributed by atoms with Gasteiger partial charge < -0.3 is 19.9 Å². The van der Waals surface area contributed by atoms with Crippen LogP contribution in [0.2, 0.25) is 0 Å². The summed E-state index contributed by atoms with van der Waals surface area (Å²) in [5, 5.41) is 15.5. The molecule has 11 heteroatoms. The number of ether oxygens (including phenoxy) is 1. The number of aromatic nitrogens is 5. The number of hydrogen-bond acceptors (Lipinski definition) is 6. The highest BCUT2D eigenvalue weighted by atomic mass is 16.5. The number of fused-ring (bicyclic) bond motifs is 1. The zero-order valence-corrected chi connectivity index (χ0v) is 17.7. The molecule has 2 aliphatic rings. The summed E-state index contributed by atoms with van der Waals surface area (Å²) in [6.07, 6.45) is 3.38. The Labute approximate surface area is 174 Å². The molecule has 2 aromatic rings. The van der Waals surface area contributed by atoms with E-state index in [-0.39, 0.29) is 11.9 Å². The summed E-state index contributed by atoms with van der Waals surface area (Å²) in [6.45, 7) is 5.02. The number of carbonyl (C=O) groups excluding carboxylic acids is 2. The summed E-state index contributed by atoms with van der Waals surface area (Å²) in [6, 6.07) is 1.58. The van der Waals surface area contributed by atoms with Gasteiger partial charge in [-0.3, -0.25) is 9.48 Å². The van der Waals surface area contributed by atoms with Gasteiger partial charge in [-0.1, -0.05) is 5.21 Å². The number of piperidine rings is 1. The third-order valence-electron chi connectivity index (χ3n) is 5.75. The molecule has 3 amide bonds. The first kappa shape index (κ1) is 20.3. The number of nitrogens with zero attached hydrogens (tertiary/aromatic N) is 7. The van der Waals surface area contributed by atoms with Crippen molar-refractivity contribution in [3.63, 3.8) is 0 Å². The minimum absolute atomic E-state index is 0.0199. The fourth-order valence-corrected chi connectivity index (χ4v) is 4.09. The van der Waals surface area contributed by atoms with E-state index in [1.54, 1.807) is 31.0 Å². The van der Waals surface area contributed by atoms with Crippen LogP contribution in [-0.4, -0.2) is 79.3 Å². The van der Waals surface area contributed by atoms with Gasteiger partial charge in [0.2, 0.25) is 0 Å². The topological polar surface area (TPSA) is 110 Å². The van der Waals surface area contributed by atoms with Gasteiger partial charge in [0.25, 0.3) is 5.91 Å². The molecule has 0 bridgehead atoms. The van der Waals surface area contributed by atoms with E-state index in [1.807, 2.05) is 16.5 Å². The van der Waals surface area contributed by atoms with Crippen molar-refractivity contribution in [2.75, 3.05) is 27.2 Å². The fraction of sp³-hybridized carbons (Fsp3) is 0.632.